The minimum Gasteiger partial charge on any atom is -0.326 e. The second-order valence-electron chi connectivity index (χ2n) is 4.81. The van der Waals surface area contributed by atoms with Gasteiger partial charge in [0.25, 0.3) is 0 Å². The van der Waals surface area contributed by atoms with Crippen molar-refractivity contribution in [3.8, 4) is 0 Å². The highest BCUT2D eigenvalue weighted by Crippen LogP contribution is 2.23. The van der Waals surface area contributed by atoms with E-state index in [0.717, 1.165) is 25.3 Å². The summed E-state index contributed by atoms with van der Waals surface area (Å²) < 4.78 is 26.5. The van der Waals surface area contributed by atoms with Crippen molar-refractivity contribution in [3.05, 3.63) is 35.4 Å². The molecule has 94 valence electrons. The third kappa shape index (κ3) is 2.82. The summed E-state index contributed by atoms with van der Waals surface area (Å²) in [6, 6.07) is 3.99. The molecule has 1 aliphatic carbocycles. The molecule has 2 N–H and O–H groups in total. The molecule has 2 nitrogen and oxygen atoms in total. The van der Waals surface area contributed by atoms with Gasteiger partial charge in [-0.3, -0.25) is 4.90 Å². The first-order valence-corrected chi connectivity index (χ1v) is 5.97. The van der Waals surface area contributed by atoms with E-state index in [2.05, 4.69) is 0 Å². The van der Waals surface area contributed by atoms with E-state index in [0.29, 0.717) is 12.1 Å². The Kier molecular flexibility index (Phi) is 3.74. The number of hydrogen-bond donors (Lipinski definition) is 1. The van der Waals surface area contributed by atoms with Crippen molar-refractivity contribution >= 4 is 0 Å². The minimum atomic E-state index is -0.398. The predicted octanol–water partition coefficient (Wildman–Crippen LogP) is 2.28. The molecule has 0 aliphatic heterocycles. The van der Waals surface area contributed by atoms with E-state index in [-0.39, 0.29) is 17.9 Å². The van der Waals surface area contributed by atoms with Gasteiger partial charge < -0.3 is 5.73 Å². The van der Waals surface area contributed by atoms with E-state index in [1.165, 1.54) is 12.1 Å². The summed E-state index contributed by atoms with van der Waals surface area (Å²) in [4.78, 5) is 2.02. The zero-order valence-electron chi connectivity index (χ0n) is 10.00. The van der Waals surface area contributed by atoms with Crippen LogP contribution in [0.4, 0.5) is 8.78 Å². The summed E-state index contributed by atoms with van der Waals surface area (Å²) >= 11 is 0. The third-order valence-electron chi connectivity index (χ3n) is 3.53. The molecule has 0 bridgehead atoms. The molecule has 0 heterocycles. The van der Waals surface area contributed by atoms with Gasteiger partial charge in [-0.2, -0.15) is 0 Å². The Labute approximate surface area is 100 Å². The van der Waals surface area contributed by atoms with Crippen LogP contribution in [0, 0.1) is 11.6 Å². The average molecular weight is 240 g/mol. The maximum atomic E-state index is 13.5. The normalized spacial score (nSPS) is 24.5. The molecule has 0 spiro atoms. The topological polar surface area (TPSA) is 29.3 Å². The summed E-state index contributed by atoms with van der Waals surface area (Å²) in [5, 5.41) is 0. The van der Waals surface area contributed by atoms with Crippen molar-refractivity contribution in [3.63, 3.8) is 0 Å². The molecule has 0 radical (unpaired) electrons. The highest BCUT2D eigenvalue weighted by atomic mass is 19.1. The Morgan fingerprint density at radius 3 is 2.76 bits per heavy atom. The van der Waals surface area contributed by atoms with Gasteiger partial charge in [-0.25, -0.2) is 8.78 Å². The van der Waals surface area contributed by atoms with Gasteiger partial charge in [-0.15, -0.1) is 0 Å². The molecule has 4 heteroatoms. The lowest BCUT2D eigenvalue weighted by molar-refractivity contribution is 0.217. The van der Waals surface area contributed by atoms with Crippen LogP contribution in [0.15, 0.2) is 18.2 Å². The molecule has 2 rings (SSSR count). The lowest BCUT2D eigenvalue weighted by Crippen LogP contribution is -2.41. The van der Waals surface area contributed by atoms with E-state index >= 15 is 0 Å². The summed E-state index contributed by atoms with van der Waals surface area (Å²) in [6.07, 6.45) is 3.16. The van der Waals surface area contributed by atoms with E-state index in [9.17, 15) is 8.78 Å². The molecular formula is C13H18F2N2. The van der Waals surface area contributed by atoms with Gasteiger partial charge in [0.1, 0.15) is 11.6 Å². The van der Waals surface area contributed by atoms with Crippen LogP contribution in [-0.4, -0.2) is 24.0 Å². The monoisotopic (exact) mass is 240 g/mol. The Morgan fingerprint density at radius 2 is 2.12 bits per heavy atom. The SMILES string of the molecule is CN(Cc1cc(F)ccc1F)C1CCCC1N. The van der Waals surface area contributed by atoms with Crippen molar-refractivity contribution in [1.29, 1.82) is 0 Å². The lowest BCUT2D eigenvalue weighted by Gasteiger charge is -2.27. The smallest absolute Gasteiger partial charge is 0.127 e. The lowest BCUT2D eigenvalue weighted by atomic mass is 10.1. The number of nitrogens with two attached hydrogens (primary N) is 1. The van der Waals surface area contributed by atoms with Crippen molar-refractivity contribution < 1.29 is 8.78 Å². The van der Waals surface area contributed by atoms with Crippen LogP contribution in [-0.2, 0) is 6.54 Å². The van der Waals surface area contributed by atoms with Gasteiger partial charge in [-0.1, -0.05) is 6.42 Å². The van der Waals surface area contributed by atoms with E-state index in [1.807, 2.05) is 11.9 Å². The van der Waals surface area contributed by atoms with Crippen molar-refractivity contribution in [1.82, 2.24) is 4.90 Å². The summed E-state index contributed by atoms with van der Waals surface area (Å²) in [7, 11) is 1.92. The first-order chi connectivity index (χ1) is 8.08. The highest BCUT2D eigenvalue weighted by molar-refractivity contribution is 5.18. The van der Waals surface area contributed by atoms with Gasteiger partial charge in [0.15, 0.2) is 0 Å². The third-order valence-corrected chi connectivity index (χ3v) is 3.53. The van der Waals surface area contributed by atoms with E-state index < -0.39 is 5.82 Å². The number of hydrogen-bond acceptors (Lipinski definition) is 2. The largest absolute Gasteiger partial charge is 0.326 e. The molecular weight excluding hydrogens is 222 g/mol. The molecule has 1 fully saturated rings. The molecule has 0 aromatic heterocycles. The van der Waals surface area contributed by atoms with E-state index in [1.54, 1.807) is 0 Å². The van der Waals surface area contributed by atoms with Crippen LogP contribution >= 0.6 is 0 Å². The molecule has 1 aromatic rings. The molecule has 0 saturated heterocycles. The quantitative estimate of drug-likeness (QED) is 0.878. The fourth-order valence-electron chi connectivity index (χ4n) is 2.57. The molecule has 1 aromatic carbocycles. The van der Waals surface area contributed by atoms with Crippen LogP contribution in [0.1, 0.15) is 24.8 Å². The Balaban J connectivity index is 2.07. The molecule has 1 saturated carbocycles. The van der Waals surface area contributed by atoms with Gasteiger partial charge in [0, 0.05) is 24.2 Å². The van der Waals surface area contributed by atoms with Crippen LogP contribution in [0.5, 0.6) is 0 Å². The Hall–Kier alpha value is -1.00. The maximum absolute atomic E-state index is 13.5. The van der Waals surface area contributed by atoms with E-state index in [4.69, 9.17) is 5.73 Å². The summed E-state index contributed by atoms with van der Waals surface area (Å²) in [5.41, 5.74) is 6.39. The minimum absolute atomic E-state index is 0.150. The number of rotatable bonds is 3. The number of likely N-dealkylation sites (N-methyl/N-ethyl adjacent to an activating group) is 1. The summed E-state index contributed by atoms with van der Waals surface area (Å²) in [6.45, 7) is 0.405. The van der Waals surface area contributed by atoms with Crippen molar-refractivity contribution in [2.75, 3.05) is 7.05 Å². The molecule has 1 aliphatic rings. The standard InChI is InChI=1S/C13H18F2N2/c1-17(13-4-2-3-12(13)16)8-9-7-10(14)5-6-11(9)15/h5-7,12-13H,2-4,8,16H2,1H3. The van der Waals surface area contributed by atoms with Gasteiger partial charge in [0.2, 0.25) is 0 Å². The number of halogens is 2. The number of nitrogens with zero attached hydrogens (tertiary/aromatic N) is 1. The fraction of sp³-hybridized carbons (Fsp3) is 0.538. The summed E-state index contributed by atoms with van der Waals surface area (Å²) in [5.74, 6) is -0.754. The molecule has 0 amide bonds. The highest BCUT2D eigenvalue weighted by Gasteiger charge is 2.27. The second-order valence-corrected chi connectivity index (χ2v) is 4.81. The first kappa shape index (κ1) is 12.5. The number of benzene rings is 1. The maximum Gasteiger partial charge on any atom is 0.127 e. The van der Waals surface area contributed by atoms with Gasteiger partial charge >= 0.3 is 0 Å². The molecule has 2 atom stereocenters. The van der Waals surface area contributed by atoms with Gasteiger partial charge in [0.05, 0.1) is 0 Å². The first-order valence-electron chi connectivity index (χ1n) is 5.97. The zero-order valence-corrected chi connectivity index (χ0v) is 10.00. The van der Waals surface area contributed by atoms with Crippen LogP contribution < -0.4 is 5.73 Å². The molecule has 2 unspecified atom stereocenters. The van der Waals surface area contributed by atoms with Crippen molar-refractivity contribution in [2.24, 2.45) is 5.73 Å². The fourth-order valence-corrected chi connectivity index (χ4v) is 2.57. The second kappa shape index (κ2) is 5.10. The average Bonchev–Trinajstić information content (AvgIpc) is 2.70. The van der Waals surface area contributed by atoms with Crippen LogP contribution in [0.25, 0.3) is 0 Å². The van der Waals surface area contributed by atoms with Crippen LogP contribution in [0.2, 0.25) is 0 Å². The Morgan fingerprint density at radius 1 is 1.35 bits per heavy atom. The van der Waals surface area contributed by atoms with Crippen LogP contribution in [0.3, 0.4) is 0 Å². The van der Waals surface area contributed by atoms with Gasteiger partial charge in [-0.05, 0) is 38.1 Å². The predicted molar refractivity (Wildman–Crippen MR) is 63.4 cm³/mol. The molecule has 17 heavy (non-hydrogen) atoms. The Bertz CT molecular complexity index is 395. The van der Waals surface area contributed by atoms with Crippen molar-refractivity contribution in [2.45, 2.75) is 37.9 Å². The zero-order chi connectivity index (χ0) is 12.4.